The predicted octanol–water partition coefficient (Wildman–Crippen LogP) is 0.239. The van der Waals surface area contributed by atoms with Crippen LogP contribution in [0.5, 0.6) is 0 Å². The second kappa shape index (κ2) is 7.45. The van der Waals surface area contributed by atoms with Gasteiger partial charge in [0.1, 0.15) is 0 Å². The molecule has 0 bridgehead atoms. The summed E-state index contributed by atoms with van der Waals surface area (Å²) in [7, 11) is 0. The number of rotatable bonds is 8. The molecule has 18 heavy (non-hydrogen) atoms. The molecule has 0 saturated heterocycles. The molecule has 0 unspecified atom stereocenters. The second-order valence-electron chi connectivity index (χ2n) is 4.19. The van der Waals surface area contributed by atoms with Crippen LogP contribution in [-0.4, -0.2) is 29.8 Å². The van der Waals surface area contributed by atoms with Crippen molar-refractivity contribution in [3.05, 3.63) is 35.9 Å². The van der Waals surface area contributed by atoms with Gasteiger partial charge in [0.05, 0.1) is 0 Å². The molecule has 1 rings (SSSR count). The van der Waals surface area contributed by atoms with Gasteiger partial charge in [0.15, 0.2) is 0 Å². The molecule has 4 N–H and O–H groups in total. The highest BCUT2D eigenvalue weighted by Crippen LogP contribution is 2.05. The Morgan fingerprint density at radius 2 is 1.44 bits per heavy atom. The zero-order chi connectivity index (χ0) is 13.4. The van der Waals surface area contributed by atoms with Crippen LogP contribution < -0.4 is 11.5 Å². The monoisotopic (exact) mass is 249 g/mol. The summed E-state index contributed by atoms with van der Waals surface area (Å²) in [6.07, 6.45) is 0.567. The number of hydrogen-bond acceptors (Lipinski definition) is 3. The molecule has 0 saturated carbocycles. The van der Waals surface area contributed by atoms with Gasteiger partial charge in [-0.2, -0.15) is 0 Å². The first-order valence-electron chi connectivity index (χ1n) is 5.91. The van der Waals surface area contributed by atoms with E-state index in [1.807, 2.05) is 35.2 Å². The van der Waals surface area contributed by atoms with Crippen LogP contribution in [0.15, 0.2) is 30.3 Å². The van der Waals surface area contributed by atoms with E-state index in [-0.39, 0.29) is 24.7 Å². The summed E-state index contributed by atoms with van der Waals surface area (Å²) < 4.78 is 0. The van der Waals surface area contributed by atoms with Crippen molar-refractivity contribution in [1.82, 2.24) is 4.90 Å². The Labute approximate surface area is 107 Å². The molecule has 98 valence electrons. The lowest BCUT2D eigenvalue weighted by Gasteiger charge is -2.21. The molecule has 0 fully saturated rings. The third-order valence-corrected chi connectivity index (χ3v) is 2.60. The van der Waals surface area contributed by atoms with Gasteiger partial charge < -0.3 is 11.5 Å². The summed E-state index contributed by atoms with van der Waals surface area (Å²) in [6.45, 7) is 1.76. The van der Waals surface area contributed by atoms with E-state index in [0.717, 1.165) is 5.56 Å². The maximum Gasteiger partial charge on any atom is 0.218 e. The number of benzene rings is 1. The van der Waals surface area contributed by atoms with Crippen LogP contribution in [0.1, 0.15) is 18.4 Å². The molecular formula is C13H19N3O2. The maximum absolute atomic E-state index is 10.8. The highest BCUT2D eigenvalue weighted by molar-refractivity contribution is 5.74. The molecule has 0 heterocycles. The maximum atomic E-state index is 10.8. The van der Waals surface area contributed by atoms with Crippen LogP contribution in [-0.2, 0) is 16.1 Å². The standard InChI is InChI=1S/C13H19N3O2/c14-12(17)6-8-16(9-7-13(15)18)10-11-4-2-1-3-5-11/h1-5H,6-10H2,(H2,14,17)(H2,15,18). The van der Waals surface area contributed by atoms with Crippen LogP contribution >= 0.6 is 0 Å². The largest absolute Gasteiger partial charge is 0.370 e. The molecule has 0 spiro atoms. The summed E-state index contributed by atoms with van der Waals surface area (Å²) >= 11 is 0. The fourth-order valence-electron chi connectivity index (χ4n) is 1.65. The molecule has 2 amide bonds. The molecule has 0 aliphatic rings. The quantitative estimate of drug-likeness (QED) is 0.691. The average Bonchev–Trinajstić information content (AvgIpc) is 2.33. The molecule has 0 aliphatic heterocycles. The minimum Gasteiger partial charge on any atom is -0.370 e. The van der Waals surface area contributed by atoms with Crippen molar-refractivity contribution < 1.29 is 9.59 Å². The Morgan fingerprint density at radius 1 is 0.944 bits per heavy atom. The highest BCUT2D eigenvalue weighted by Gasteiger charge is 2.08. The van der Waals surface area contributed by atoms with E-state index in [1.54, 1.807) is 0 Å². The number of hydrogen-bond donors (Lipinski definition) is 2. The minimum atomic E-state index is -0.341. The molecule has 1 aromatic carbocycles. The van der Waals surface area contributed by atoms with Crippen LogP contribution in [0.2, 0.25) is 0 Å². The first-order chi connectivity index (χ1) is 8.58. The average molecular weight is 249 g/mol. The molecule has 0 aliphatic carbocycles. The van der Waals surface area contributed by atoms with Crippen LogP contribution in [0, 0.1) is 0 Å². The van der Waals surface area contributed by atoms with Crippen molar-refractivity contribution in [1.29, 1.82) is 0 Å². The van der Waals surface area contributed by atoms with Gasteiger partial charge in [0, 0.05) is 32.5 Å². The zero-order valence-electron chi connectivity index (χ0n) is 10.3. The third-order valence-electron chi connectivity index (χ3n) is 2.60. The lowest BCUT2D eigenvalue weighted by Crippen LogP contribution is -2.31. The summed E-state index contributed by atoms with van der Waals surface area (Å²) in [6, 6.07) is 9.86. The Bertz CT molecular complexity index is 374. The molecule has 5 nitrogen and oxygen atoms in total. The van der Waals surface area contributed by atoms with Gasteiger partial charge in [-0.1, -0.05) is 30.3 Å². The SMILES string of the molecule is NC(=O)CCN(CCC(N)=O)Cc1ccccc1. The molecule has 0 aromatic heterocycles. The van der Waals surface area contributed by atoms with Crippen molar-refractivity contribution in [2.24, 2.45) is 11.5 Å². The van der Waals surface area contributed by atoms with Gasteiger partial charge in [-0.3, -0.25) is 14.5 Å². The van der Waals surface area contributed by atoms with Gasteiger partial charge in [-0.15, -0.1) is 0 Å². The van der Waals surface area contributed by atoms with E-state index in [0.29, 0.717) is 19.6 Å². The first kappa shape index (κ1) is 14.2. The Hall–Kier alpha value is -1.88. The summed E-state index contributed by atoms with van der Waals surface area (Å²) in [5, 5.41) is 0. The Balaban J connectivity index is 2.53. The number of amides is 2. The number of carbonyl (C=O) groups excluding carboxylic acids is 2. The second-order valence-corrected chi connectivity index (χ2v) is 4.19. The number of nitrogens with zero attached hydrogens (tertiary/aromatic N) is 1. The topological polar surface area (TPSA) is 89.4 Å². The van der Waals surface area contributed by atoms with Crippen molar-refractivity contribution in [2.75, 3.05) is 13.1 Å². The third kappa shape index (κ3) is 6.00. The number of nitrogens with two attached hydrogens (primary N) is 2. The van der Waals surface area contributed by atoms with E-state index in [1.165, 1.54) is 0 Å². The Morgan fingerprint density at radius 3 is 1.89 bits per heavy atom. The van der Waals surface area contributed by atoms with Gasteiger partial charge in [0.25, 0.3) is 0 Å². The first-order valence-corrected chi connectivity index (χ1v) is 5.91. The highest BCUT2D eigenvalue weighted by atomic mass is 16.1. The Kier molecular flexibility index (Phi) is 5.87. The molecule has 0 atom stereocenters. The van der Waals surface area contributed by atoms with E-state index < -0.39 is 0 Å². The van der Waals surface area contributed by atoms with Crippen molar-refractivity contribution in [3.8, 4) is 0 Å². The van der Waals surface area contributed by atoms with Crippen LogP contribution in [0.25, 0.3) is 0 Å². The lowest BCUT2D eigenvalue weighted by atomic mass is 10.2. The van der Waals surface area contributed by atoms with Crippen LogP contribution in [0.4, 0.5) is 0 Å². The fraction of sp³-hybridized carbons (Fsp3) is 0.385. The van der Waals surface area contributed by atoms with Crippen molar-refractivity contribution in [3.63, 3.8) is 0 Å². The number of primary amides is 2. The smallest absolute Gasteiger partial charge is 0.218 e. The van der Waals surface area contributed by atoms with Crippen molar-refractivity contribution >= 4 is 11.8 Å². The lowest BCUT2D eigenvalue weighted by molar-refractivity contribution is -0.118. The summed E-state index contributed by atoms with van der Waals surface area (Å²) in [4.78, 5) is 23.6. The van der Waals surface area contributed by atoms with E-state index in [2.05, 4.69) is 0 Å². The summed E-state index contributed by atoms with van der Waals surface area (Å²) in [5.74, 6) is -0.681. The van der Waals surface area contributed by atoms with E-state index in [4.69, 9.17) is 11.5 Å². The molecule has 5 heteroatoms. The molecular weight excluding hydrogens is 230 g/mol. The molecule has 1 aromatic rings. The normalized spacial score (nSPS) is 10.5. The zero-order valence-corrected chi connectivity index (χ0v) is 10.3. The van der Waals surface area contributed by atoms with Crippen molar-refractivity contribution in [2.45, 2.75) is 19.4 Å². The summed E-state index contributed by atoms with van der Waals surface area (Å²) in [5.41, 5.74) is 11.4. The van der Waals surface area contributed by atoms with Gasteiger partial charge in [-0.25, -0.2) is 0 Å². The van der Waals surface area contributed by atoms with E-state index >= 15 is 0 Å². The fourth-order valence-corrected chi connectivity index (χ4v) is 1.65. The van der Waals surface area contributed by atoms with Gasteiger partial charge in [-0.05, 0) is 5.56 Å². The van der Waals surface area contributed by atoms with Gasteiger partial charge >= 0.3 is 0 Å². The van der Waals surface area contributed by atoms with Crippen LogP contribution in [0.3, 0.4) is 0 Å². The number of carbonyl (C=O) groups is 2. The predicted molar refractivity (Wildman–Crippen MR) is 69.3 cm³/mol. The van der Waals surface area contributed by atoms with E-state index in [9.17, 15) is 9.59 Å². The van der Waals surface area contributed by atoms with Gasteiger partial charge in [0.2, 0.25) is 11.8 Å². The minimum absolute atomic E-state index is 0.283. The molecule has 0 radical (unpaired) electrons.